The molecule has 0 saturated carbocycles. The Hall–Kier alpha value is -1.09. The molecule has 0 saturated heterocycles. The first kappa shape index (κ1) is 22.9. The zero-order valence-corrected chi connectivity index (χ0v) is 17.7. The summed E-state index contributed by atoms with van der Waals surface area (Å²) in [5.74, 6) is 1.76. The molecule has 1 rings (SSSR count). The van der Waals surface area contributed by atoms with Crippen molar-refractivity contribution in [2.75, 3.05) is 45.8 Å². The summed E-state index contributed by atoms with van der Waals surface area (Å²) in [6, 6.07) is 4.08. The van der Waals surface area contributed by atoms with Crippen molar-refractivity contribution in [3.63, 3.8) is 0 Å². The second-order valence-corrected chi connectivity index (χ2v) is 5.59. The third-order valence-electron chi connectivity index (χ3n) is 3.35. The summed E-state index contributed by atoms with van der Waals surface area (Å²) < 4.78 is 5.54. The molecule has 0 fully saturated rings. The van der Waals surface area contributed by atoms with Crippen molar-refractivity contribution in [1.29, 1.82) is 0 Å². The Labute approximate surface area is 163 Å². The molecular weight excluding hydrogens is 417 g/mol. The number of rotatable bonds is 10. The lowest BCUT2D eigenvalue weighted by atomic mass is 10.2. The Morgan fingerprint density at radius 3 is 2.67 bits per heavy atom. The Bertz CT molecular complexity index is 468. The van der Waals surface area contributed by atoms with Crippen LogP contribution in [0.3, 0.4) is 0 Å². The van der Waals surface area contributed by atoms with Crippen molar-refractivity contribution >= 4 is 35.8 Å². The van der Waals surface area contributed by atoms with Gasteiger partial charge in [-0.3, -0.25) is 4.99 Å². The average molecular weight is 449 g/mol. The summed E-state index contributed by atoms with van der Waals surface area (Å²) in [7, 11) is 5.76. The van der Waals surface area contributed by atoms with Gasteiger partial charge >= 0.3 is 0 Å². The van der Waals surface area contributed by atoms with E-state index in [-0.39, 0.29) is 24.0 Å². The molecule has 0 aliphatic heterocycles. The van der Waals surface area contributed by atoms with Crippen molar-refractivity contribution in [3.05, 3.63) is 23.9 Å². The van der Waals surface area contributed by atoms with Gasteiger partial charge in [0.05, 0.1) is 0 Å². The molecule has 2 N–H and O–H groups in total. The molecule has 0 amide bonds. The molecule has 0 atom stereocenters. The zero-order chi connectivity index (χ0) is 16.9. The first-order valence-electron chi connectivity index (χ1n) is 8.32. The fraction of sp³-hybridized carbons (Fsp3) is 0.647. The fourth-order valence-corrected chi connectivity index (χ4v) is 1.95. The number of hydrogen-bond acceptors (Lipinski definition) is 4. The number of halogens is 1. The molecule has 1 heterocycles. The summed E-state index contributed by atoms with van der Waals surface area (Å²) in [4.78, 5) is 10.5. The number of aliphatic imine (C=N–C) groups is 1. The number of pyridine rings is 1. The quantitative estimate of drug-likeness (QED) is 0.249. The summed E-state index contributed by atoms with van der Waals surface area (Å²) in [5, 5.41) is 6.62. The molecule has 24 heavy (non-hydrogen) atoms. The van der Waals surface area contributed by atoms with Gasteiger partial charge in [-0.2, -0.15) is 0 Å². The molecule has 0 aromatic carbocycles. The molecule has 1 aromatic rings. The Balaban J connectivity index is 0.00000529. The van der Waals surface area contributed by atoms with E-state index in [0.717, 1.165) is 50.9 Å². The number of ether oxygens (including phenoxy) is 1. The molecule has 1 aromatic heterocycles. The van der Waals surface area contributed by atoms with E-state index in [1.54, 1.807) is 7.05 Å². The van der Waals surface area contributed by atoms with Crippen LogP contribution in [0.2, 0.25) is 0 Å². The van der Waals surface area contributed by atoms with E-state index in [9.17, 15) is 0 Å². The van der Waals surface area contributed by atoms with Crippen LogP contribution in [0.15, 0.2) is 23.3 Å². The van der Waals surface area contributed by atoms with E-state index >= 15 is 0 Å². The van der Waals surface area contributed by atoms with Gasteiger partial charge in [0.15, 0.2) is 5.96 Å². The SMILES string of the molecule is CCCCOCCCNC(=NC)NCc1ccnc(N(C)C)c1.I. The number of unbranched alkanes of at least 4 members (excludes halogenated alkanes) is 1. The highest BCUT2D eigenvalue weighted by atomic mass is 127. The van der Waals surface area contributed by atoms with Crippen LogP contribution < -0.4 is 15.5 Å². The normalized spacial score (nSPS) is 10.9. The number of anilines is 1. The number of nitrogens with one attached hydrogen (secondary N) is 2. The number of nitrogens with zero attached hydrogens (tertiary/aromatic N) is 3. The van der Waals surface area contributed by atoms with Gasteiger partial charge in [0, 0.05) is 53.6 Å². The highest BCUT2D eigenvalue weighted by Crippen LogP contribution is 2.08. The minimum Gasteiger partial charge on any atom is -0.381 e. The van der Waals surface area contributed by atoms with Gasteiger partial charge in [-0.1, -0.05) is 13.3 Å². The third kappa shape index (κ3) is 9.92. The summed E-state index contributed by atoms with van der Waals surface area (Å²) in [5.41, 5.74) is 1.18. The molecule has 0 unspecified atom stereocenters. The fourth-order valence-electron chi connectivity index (χ4n) is 1.95. The zero-order valence-electron chi connectivity index (χ0n) is 15.3. The van der Waals surface area contributed by atoms with Crippen LogP contribution in [0.4, 0.5) is 5.82 Å². The lowest BCUT2D eigenvalue weighted by Gasteiger charge is -2.14. The maximum Gasteiger partial charge on any atom is 0.191 e. The van der Waals surface area contributed by atoms with Crippen LogP contribution in [0.1, 0.15) is 31.7 Å². The molecule has 7 heteroatoms. The average Bonchev–Trinajstić information content (AvgIpc) is 2.57. The van der Waals surface area contributed by atoms with Gasteiger partial charge in [-0.25, -0.2) is 4.98 Å². The van der Waals surface area contributed by atoms with E-state index in [1.807, 2.05) is 31.3 Å². The predicted molar refractivity (Wildman–Crippen MR) is 113 cm³/mol. The molecule has 138 valence electrons. The molecule has 0 bridgehead atoms. The van der Waals surface area contributed by atoms with Crippen LogP contribution in [0, 0.1) is 0 Å². The second-order valence-electron chi connectivity index (χ2n) is 5.59. The summed E-state index contributed by atoms with van der Waals surface area (Å²) in [6.45, 7) is 5.40. The molecule has 0 spiro atoms. The largest absolute Gasteiger partial charge is 0.381 e. The lowest BCUT2D eigenvalue weighted by molar-refractivity contribution is 0.129. The van der Waals surface area contributed by atoms with Crippen molar-refractivity contribution in [2.24, 2.45) is 4.99 Å². The molecule has 0 aliphatic carbocycles. The lowest BCUT2D eigenvalue weighted by Crippen LogP contribution is -2.37. The first-order valence-corrected chi connectivity index (χ1v) is 8.32. The summed E-state index contributed by atoms with van der Waals surface area (Å²) in [6.07, 6.45) is 5.12. The van der Waals surface area contributed by atoms with E-state index < -0.39 is 0 Å². The molecular formula is C17H32IN5O. The van der Waals surface area contributed by atoms with Gasteiger partial charge in [-0.05, 0) is 30.5 Å². The number of hydrogen-bond donors (Lipinski definition) is 2. The highest BCUT2D eigenvalue weighted by Gasteiger charge is 2.01. The van der Waals surface area contributed by atoms with E-state index in [2.05, 4.69) is 33.6 Å². The first-order chi connectivity index (χ1) is 11.2. The maximum absolute atomic E-state index is 5.54. The third-order valence-corrected chi connectivity index (χ3v) is 3.35. The van der Waals surface area contributed by atoms with Crippen LogP contribution in [0.25, 0.3) is 0 Å². The standard InChI is InChI=1S/C17H31N5O.HI/c1-5-6-11-23-12-7-9-20-17(18-2)21-14-15-8-10-19-16(13-15)22(3)4;/h8,10,13H,5-7,9,11-12,14H2,1-4H3,(H2,18,20,21);1H. The van der Waals surface area contributed by atoms with E-state index in [1.165, 1.54) is 12.0 Å². The number of guanidine groups is 1. The predicted octanol–water partition coefficient (Wildman–Crippen LogP) is 2.64. The van der Waals surface area contributed by atoms with Crippen molar-refractivity contribution in [1.82, 2.24) is 15.6 Å². The Morgan fingerprint density at radius 2 is 2.00 bits per heavy atom. The van der Waals surface area contributed by atoms with E-state index in [4.69, 9.17) is 4.74 Å². The minimum absolute atomic E-state index is 0. The smallest absolute Gasteiger partial charge is 0.191 e. The maximum atomic E-state index is 5.54. The highest BCUT2D eigenvalue weighted by molar-refractivity contribution is 14.0. The van der Waals surface area contributed by atoms with Gasteiger partial charge < -0.3 is 20.3 Å². The van der Waals surface area contributed by atoms with Crippen molar-refractivity contribution in [2.45, 2.75) is 32.7 Å². The monoisotopic (exact) mass is 449 g/mol. The molecule has 6 nitrogen and oxygen atoms in total. The number of aromatic nitrogens is 1. The van der Waals surface area contributed by atoms with Crippen LogP contribution in [-0.2, 0) is 11.3 Å². The van der Waals surface area contributed by atoms with Crippen LogP contribution >= 0.6 is 24.0 Å². The minimum atomic E-state index is 0. The van der Waals surface area contributed by atoms with Gasteiger partial charge in [0.1, 0.15) is 5.82 Å². The van der Waals surface area contributed by atoms with Gasteiger partial charge in [-0.15, -0.1) is 24.0 Å². The van der Waals surface area contributed by atoms with Crippen molar-refractivity contribution in [3.8, 4) is 0 Å². The topological polar surface area (TPSA) is 61.8 Å². The van der Waals surface area contributed by atoms with E-state index in [0.29, 0.717) is 0 Å². The van der Waals surface area contributed by atoms with Crippen LogP contribution in [-0.4, -0.2) is 51.8 Å². The van der Waals surface area contributed by atoms with Gasteiger partial charge in [0.25, 0.3) is 0 Å². The second kappa shape index (κ2) is 14.3. The van der Waals surface area contributed by atoms with Crippen molar-refractivity contribution < 1.29 is 4.74 Å². The summed E-state index contributed by atoms with van der Waals surface area (Å²) >= 11 is 0. The Morgan fingerprint density at radius 1 is 1.25 bits per heavy atom. The molecule has 0 aliphatic rings. The van der Waals surface area contributed by atoms with Gasteiger partial charge in [0.2, 0.25) is 0 Å². The van der Waals surface area contributed by atoms with Crippen LogP contribution in [0.5, 0.6) is 0 Å². The molecule has 0 radical (unpaired) electrons. The Kier molecular flexibility index (Phi) is 13.6.